The topological polar surface area (TPSA) is 71.1 Å². The molecule has 0 heterocycles. The molecule has 8 heteroatoms. The minimum Gasteiger partial charge on any atom is -0.309 e. The lowest BCUT2D eigenvalue weighted by Crippen LogP contribution is -2.09. The summed E-state index contributed by atoms with van der Waals surface area (Å²) in [5.41, 5.74) is 5.97. The second kappa shape index (κ2) is 11.1. The van der Waals surface area contributed by atoms with Gasteiger partial charge in [0.15, 0.2) is 0 Å². The lowest BCUT2D eigenvalue weighted by atomic mass is 9.90. The second-order valence-electron chi connectivity index (χ2n) is 6.67. The molecule has 0 aliphatic carbocycles. The Hall–Kier alpha value is -0.480. The molecule has 6 nitrogen and oxygen atoms in total. The molecule has 0 radical (unpaired) electrons. The standard InChI is InChI=1S/C20H36O6P2/c1-9-23-27(21,24-10-2)13-19-15(5)17(7)20(18(8)16(19)6)14-28(22,25-11-3)26-12-4/h9-14H2,1-8H3. The summed E-state index contributed by atoms with van der Waals surface area (Å²) in [7, 11) is -6.43. The van der Waals surface area contributed by atoms with Gasteiger partial charge in [0.2, 0.25) is 0 Å². The van der Waals surface area contributed by atoms with Crippen molar-refractivity contribution in [2.75, 3.05) is 26.4 Å². The maximum atomic E-state index is 13.1. The van der Waals surface area contributed by atoms with Gasteiger partial charge in [-0.3, -0.25) is 9.13 Å². The van der Waals surface area contributed by atoms with Gasteiger partial charge < -0.3 is 18.1 Å². The van der Waals surface area contributed by atoms with Crippen molar-refractivity contribution in [2.24, 2.45) is 0 Å². The van der Waals surface area contributed by atoms with Crippen LogP contribution < -0.4 is 0 Å². The van der Waals surface area contributed by atoms with Crippen molar-refractivity contribution >= 4 is 15.2 Å². The quantitative estimate of drug-likeness (QED) is 0.352. The fourth-order valence-corrected chi connectivity index (χ4v) is 7.18. The van der Waals surface area contributed by atoms with Gasteiger partial charge in [0.1, 0.15) is 0 Å². The van der Waals surface area contributed by atoms with Crippen LogP contribution in [0.25, 0.3) is 0 Å². The van der Waals surface area contributed by atoms with E-state index >= 15 is 0 Å². The van der Waals surface area contributed by atoms with Gasteiger partial charge in [-0.15, -0.1) is 0 Å². The van der Waals surface area contributed by atoms with E-state index in [4.69, 9.17) is 18.1 Å². The summed E-state index contributed by atoms with van der Waals surface area (Å²) < 4.78 is 48.1. The highest BCUT2D eigenvalue weighted by atomic mass is 31.2. The van der Waals surface area contributed by atoms with Crippen molar-refractivity contribution in [3.63, 3.8) is 0 Å². The molecule has 162 valence electrons. The molecule has 0 saturated carbocycles. The van der Waals surface area contributed by atoms with Gasteiger partial charge in [-0.05, 0) is 88.8 Å². The molecule has 0 saturated heterocycles. The zero-order chi connectivity index (χ0) is 21.5. The maximum absolute atomic E-state index is 13.1. The molecule has 0 aliphatic rings. The number of rotatable bonds is 12. The average molecular weight is 434 g/mol. The Morgan fingerprint density at radius 2 is 0.750 bits per heavy atom. The number of benzene rings is 1. The normalized spacial score (nSPS) is 12.6. The van der Waals surface area contributed by atoms with E-state index in [0.717, 1.165) is 33.4 Å². The van der Waals surface area contributed by atoms with Gasteiger partial charge >= 0.3 is 15.2 Å². The molecule has 0 atom stereocenters. The minimum absolute atomic E-state index is 0.225. The van der Waals surface area contributed by atoms with Crippen LogP contribution in [-0.4, -0.2) is 26.4 Å². The van der Waals surface area contributed by atoms with E-state index < -0.39 is 15.2 Å². The summed E-state index contributed by atoms with van der Waals surface area (Å²) in [4.78, 5) is 0. The van der Waals surface area contributed by atoms with Crippen LogP contribution in [0.4, 0.5) is 0 Å². The lowest BCUT2D eigenvalue weighted by Gasteiger charge is -2.25. The zero-order valence-electron chi connectivity index (χ0n) is 18.6. The third-order valence-corrected chi connectivity index (χ3v) is 8.96. The molecular formula is C20H36O6P2. The van der Waals surface area contributed by atoms with Gasteiger partial charge in [-0.2, -0.15) is 0 Å². The van der Waals surface area contributed by atoms with Crippen molar-refractivity contribution in [2.45, 2.75) is 67.7 Å². The molecule has 0 N–H and O–H groups in total. The first-order chi connectivity index (χ1) is 13.1. The van der Waals surface area contributed by atoms with E-state index in [1.807, 2.05) is 55.4 Å². The van der Waals surface area contributed by atoms with Crippen LogP contribution in [-0.2, 0) is 39.5 Å². The second-order valence-corrected chi connectivity index (χ2v) is 10.8. The summed E-state index contributed by atoms with van der Waals surface area (Å²) in [5.74, 6) is 0. The van der Waals surface area contributed by atoms with Crippen molar-refractivity contribution in [3.05, 3.63) is 33.4 Å². The Morgan fingerprint density at radius 1 is 0.536 bits per heavy atom. The van der Waals surface area contributed by atoms with E-state index in [1.165, 1.54) is 0 Å². The molecule has 0 amide bonds. The predicted octanol–water partition coefficient (Wildman–Crippen LogP) is 6.45. The number of hydrogen-bond donors (Lipinski definition) is 0. The first-order valence-electron chi connectivity index (χ1n) is 9.92. The van der Waals surface area contributed by atoms with Gasteiger partial charge in [0, 0.05) is 0 Å². The molecule has 1 aromatic carbocycles. The van der Waals surface area contributed by atoms with Crippen LogP contribution in [0.15, 0.2) is 0 Å². The lowest BCUT2D eigenvalue weighted by molar-refractivity contribution is 0.217. The first kappa shape index (κ1) is 25.6. The van der Waals surface area contributed by atoms with Crippen LogP contribution >= 0.6 is 15.2 Å². The minimum atomic E-state index is -3.22. The summed E-state index contributed by atoms with van der Waals surface area (Å²) in [6.07, 6.45) is 0.450. The Kier molecular flexibility index (Phi) is 10.1. The van der Waals surface area contributed by atoms with Crippen molar-refractivity contribution in [1.82, 2.24) is 0 Å². The molecule has 0 spiro atoms. The van der Waals surface area contributed by atoms with E-state index in [9.17, 15) is 9.13 Å². The monoisotopic (exact) mass is 434 g/mol. The molecule has 0 aromatic heterocycles. The van der Waals surface area contributed by atoms with E-state index in [0.29, 0.717) is 26.4 Å². The highest BCUT2D eigenvalue weighted by Crippen LogP contribution is 2.55. The van der Waals surface area contributed by atoms with E-state index in [-0.39, 0.29) is 12.3 Å². The summed E-state index contributed by atoms with van der Waals surface area (Å²) in [6, 6.07) is 0. The Morgan fingerprint density at radius 3 is 0.929 bits per heavy atom. The van der Waals surface area contributed by atoms with Crippen LogP contribution in [0.3, 0.4) is 0 Å². The molecule has 28 heavy (non-hydrogen) atoms. The number of hydrogen-bond acceptors (Lipinski definition) is 6. The summed E-state index contributed by atoms with van der Waals surface area (Å²) in [5, 5.41) is 0. The van der Waals surface area contributed by atoms with E-state index in [2.05, 4.69) is 0 Å². The summed E-state index contributed by atoms with van der Waals surface area (Å²) >= 11 is 0. The Bertz CT molecular complexity index is 648. The maximum Gasteiger partial charge on any atom is 0.335 e. The van der Waals surface area contributed by atoms with Crippen molar-refractivity contribution in [1.29, 1.82) is 0 Å². The molecule has 0 unspecified atom stereocenters. The predicted molar refractivity (Wildman–Crippen MR) is 115 cm³/mol. The van der Waals surface area contributed by atoms with Crippen LogP contribution in [0, 0.1) is 27.7 Å². The largest absolute Gasteiger partial charge is 0.335 e. The molecular weight excluding hydrogens is 398 g/mol. The van der Waals surface area contributed by atoms with Crippen LogP contribution in [0.2, 0.25) is 0 Å². The summed E-state index contributed by atoms with van der Waals surface area (Å²) in [6.45, 7) is 16.5. The molecule has 1 aromatic rings. The third kappa shape index (κ3) is 6.26. The molecule has 0 bridgehead atoms. The highest BCUT2D eigenvalue weighted by Gasteiger charge is 2.30. The van der Waals surface area contributed by atoms with Crippen molar-refractivity contribution in [3.8, 4) is 0 Å². The van der Waals surface area contributed by atoms with Gasteiger partial charge in [-0.25, -0.2) is 0 Å². The Balaban J connectivity index is 3.42. The highest BCUT2D eigenvalue weighted by molar-refractivity contribution is 7.53. The van der Waals surface area contributed by atoms with E-state index in [1.54, 1.807) is 0 Å². The zero-order valence-corrected chi connectivity index (χ0v) is 20.4. The smallest absolute Gasteiger partial charge is 0.309 e. The fraction of sp³-hybridized carbons (Fsp3) is 0.700. The fourth-order valence-electron chi connectivity index (χ4n) is 3.37. The van der Waals surface area contributed by atoms with Gasteiger partial charge in [0.25, 0.3) is 0 Å². The SMILES string of the molecule is CCOP(=O)(Cc1c(C)c(C)c(CP(=O)(OCC)OCC)c(C)c1C)OCC. The molecule has 0 fully saturated rings. The average Bonchev–Trinajstić information content (AvgIpc) is 2.62. The van der Waals surface area contributed by atoms with Crippen LogP contribution in [0.5, 0.6) is 0 Å². The Labute approximate surface area is 170 Å². The molecule has 0 aliphatic heterocycles. The van der Waals surface area contributed by atoms with Crippen LogP contribution in [0.1, 0.15) is 61.1 Å². The third-order valence-electron chi connectivity index (χ3n) is 4.94. The molecule has 1 rings (SSSR count). The van der Waals surface area contributed by atoms with Crippen molar-refractivity contribution < 1.29 is 27.2 Å². The first-order valence-corrected chi connectivity index (χ1v) is 13.4. The van der Waals surface area contributed by atoms with Gasteiger partial charge in [0.05, 0.1) is 38.8 Å². The van der Waals surface area contributed by atoms with Gasteiger partial charge in [-0.1, -0.05) is 0 Å².